The van der Waals surface area contributed by atoms with Gasteiger partial charge in [-0.05, 0) is 30.5 Å². The summed E-state index contributed by atoms with van der Waals surface area (Å²) in [4.78, 5) is 12.1. The van der Waals surface area contributed by atoms with Crippen molar-refractivity contribution < 1.29 is 13.9 Å². The molecule has 0 aromatic heterocycles. The lowest BCUT2D eigenvalue weighted by Crippen LogP contribution is -2.39. The van der Waals surface area contributed by atoms with Crippen LogP contribution in [0.1, 0.15) is 18.9 Å². The summed E-state index contributed by atoms with van der Waals surface area (Å²) in [6.07, 6.45) is 0.543. The standard InChI is InChI=1S/C18H20FNO2/c1-2-16(22-17-11-7-6-10-15(17)19)18(21)20-13-12-14-8-4-3-5-9-14/h3-11,16H,2,12-13H2,1H3,(H,20,21). The van der Waals surface area contributed by atoms with Crippen LogP contribution in [-0.4, -0.2) is 18.6 Å². The highest BCUT2D eigenvalue weighted by Gasteiger charge is 2.19. The lowest BCUT2D eigenvalue weighted by atomic mass is 10.1. The van der Waals surface area contributed by atoms with Crippen LogP contribution in [0.3, 0.4) is 0 Å². The first-order valence-electron chi connectivity index (χ1n) is 7.43. The molecule has 1 amide bonds. The number of benzene rings is 2. The van der Waals surface area contributed by atoms with Gasteiger partial charge in [-0.1, -0.05) is 49.4 Å². The third kappa shape index (κ3) is 4.58. The lowest BCUT2D eigenvalue weighted by molar-refractivity contribution is -0.128. The van der Waals surface area contributed by atoms with Gasteiger partial charge in [0.2, 0.25) is 0 Å². The van der Waals surface area contributed by atoms with Gasteiger partial charge in [0.15, 0.2) is 17.7 Å². The Morgan fingerprint density at radius 3 is 2.50 bits per heavy atom. The number of carbonyl (C=O) groups excluding carboxylic acids is 1. The molecular formula is C18H20FNO2. The first kappa shape index (κ1) is 16.0. The van der Waals surface area contributed by atoms with E-state index in [4.69, 9.17) is 4.74 Å². The van der Waals surface area contributed by atoms with Crippen molar-refractivity contribution in [3.63, 3.8) is 0 Å². The highest BCUT2D eigenvalue weighted by atomic mass is 19.1. The van der Waals surface area contributed by atoms with Crippen LogP contribution in [0, 0.1) is 5.82 Å². The number of rotatable bonds is 7. The van der Waals surface area contributed by atoms with Crippen molar-refractivity contribution in [2.24, 2.45) is 0 Å². The molecule has 1 atom stereocenters. The van der Waals surface area contributed by atoms with Crippen molar-refractivity contribution in [2.75, 3.05) is 6.54 Å². The Balaban J connectivity index is 1.85. The molecular weight excluding hydrogens is 281 g/mol. The van der Waals surface area contributed by atoms with Gasteiger partial charge in [0.05, 0.1) is 0 Å². The number of nitrogens with one attached hydrogen (secondary N) is 1. The molecule has 3 nitrogen and oxygen atoms in total. The highest BCUT2D eigenvalue weighted by molar-refractivity contribution is 5.81. The van der Waals surface area contributed by atoms with E-state index >= 15 is 0 Å². The maximum absolute atomic E-state index is 13.6. The minimum Gasteiger partial charge on any atom is -0.478 e. The number of para-hydroxylation sites is 1. The van der Waals surface area contributed by atoms with Crippen molar-refractivity contribution >= 4 is 5.91 Å². The van der Waals surface area contributed by atoms with Crippen LogP contribution in [0.5, 0.6) is 5.75 Å². The zero-order valence-electron chi connectivity index (χ0n) is 12.6. The monoisotopic (exact) mass is 301 g/mol. The first-order valence-corrected chi connectivity index (χ1v) is 7.43. The minimum absolute atomic E-state index is 0.104. The number of amides is 1. The summed E-state index contributed by atoms with van der Waals surface area (Å²) >= 11 is 0. The van der Waals surface area contributed by atoms with Gasteiger partial charge in [0, 0.05) is 6.54 Å². The van der Waals surface area contributed by atoms with Gasteiger partial charge in [-0.15, -0.1) is 0 Å². The maximum Gasteiger partial charge on any atom is 0.261 e. The SMILES string of the molecule is CCC(Oc1ccccc1F)C(=O)NCCc1ccccc1. The molecule has 0 aliphatic carbocycles. The van der Waals surface area contributed by atoms with Crippen LogP contribution >= 0.6 is 0 Å². The van der Waals surface area contributed by atoms with E-state index in [1.807, 2.05) is 37.3 Å². The van der Waals surface area contributed by atoms with Crippen LogP contribution in [0.15, 0.2) is 54.6 Å². The van der Waals surface area contributed by atoms with E-state index < -0.39 is 11.9 Å². The second-order valence-electron chi connectivity index (χ2n) is 4.97. The molecule has 0 radical (unpaired) electrons. The zero-order chi connectivity index (χ0) is 15.8. The van der Waals surface area contributed by atoms with Gasteiger partial charge in [-0.2, -0.15) is 0 Å². The fourth-order valence-electron chi connectivity index (χ4n) is 2.10. The summed E-state index contributed by atoms with van der Waals surface area (Å²) in [5.41, 5.74) is 1.16. The quantitative estimate of drug-likeness (QED) is 0.852. The molecule has 0 spiro atoms. The molecule has 0 aliphatic rings. The Hall–Kier alpha value is -2.36. The Kier molecular flexibility index (Phi) is 5.95. The fourth-order valence-corrected chi connectivity index (χ4v) is 2.10. The fraction of sp³-hybridized carbons (Fsp3) is 0.278. The topological polar surface area (TPSA) is 38.3 Å². The Morgan fingerprint density at radius 2 is 1.82 bits per heavy atom. The zero-order valence-corrected chi connectivity index (χ0v) is 12.6. The normalized spacial score (nSPS) is 11.7. The van der Waals surface area contributed by atoms with Gasteiger partial charge in [-0.25, -0.2) is 4.39 Å². The Labute approximate surface area is 130 Å². The average Bonchev–Trinajstić information content (AvgIpc) is 2.55. The summed E-state index contributed by atoms with van der Waals surface area (Å²) in [5, 5.41) is 2.84. The summed E-state index contributed by atoms with van der Waals surface area (Å²) < 4.78 is 19.0. The van der Waals surface area contributed by atoms with E-state index in [-0.39, 0.29) is 11.7 Å². The Bertz CT molecular complexity index is 601. The van der Waals surface area contributed by atoms with E-state index in [9.17, 15) is 9.18 Å². The van der Waals surface area contributed by atoms with Crippen molar-refractivity contribution in [1.82, 2.24) is 5.32 Å². The maximum atomic E-state index is 13.6. The summed E-state index contributed by atoms with van der Waals surface area (Å²) in [6.45, 7) is 2.36. The largest absolute Gasteiger partial charge is 0.478 e. The first-order chi connectivity index (χ1) is 10.7. The molecule has 2 aromatic carbocycles. The van der Waals surface area contributed by atoms with Gasteiger partial charge in [0.1, 0.15) is 0 Å². The average molecular weight is 301 g/mol. The van der Waals surface area contributed by atoms with Crippen LogP contribution in [0.25, 0.3) is 0 Å². The van der Waals surface area contributed by atoms with Gasteiger partial charge >= 0.3 is 0 Å². The van der Waals surface area contributed by atoms with E-state index in [1.165, 1.54) is 12.1 Å². The second kappa shape index (κ2) is 8.17. The molecule has 116 valence electrons. The number of hydrogen-bond acceptors (Lipinski definition) is 2. The van der Waals surface area contributed by atoms with Crippen molar-refractivity contribution in [2.45, 2.75) is 25.9 Å². The minimum atomic E-state index is -0.687. The lowest BCUT2D eigenvalue weighted by Gasteiger charge is -2.17. The molecule has 2 aromatic rings. The number of hydrogen-bond donors (Lipinski definition) is 1. The summed E-state index contributed by atoms with van der Waals surface area (Å²) in [5.74, 6) is -0.577. The van der Waals surface area contributed by atoms with Crippen molar-refractivity contribution in [1.29, 1.82) is 0 Å². The molecule has 0 heterocycles. The van der Waals surface area contributed by atoms with E-state index in [2.05, 4.69) is 5.32 Å². The van der Waals surface area contributed by atoms with Crippen molar-refractivity contribution in [3.05, 3.63) is 66.0 Å². The second-order valence-corrected chi connectivity index (χ2v) is 4.97. The van der Waals surface area contributed by atoms with Crippen LogP contribution in [0.2, 0.25) is 0 Å². The van der Waals surface area contributed by atoms with Gasteiger partial charge in [0.25, 0.3) is 5.91 Å². The molecule has 1 unspecified atom stereocenters. The van der Waals surface area contributed by atoms with Crippen molar-refractivity contribution in [3.8, 4) is 5.75 Å². The number of ether oxygens (including phenoxy) is 1. The summed E-state index contributed by atoms with van der Waals surface area (Å²) in [7, 11) is 0. The molecule has 0 saturated carbocycles. The highest BCUT2D eigenvalue weighted by Crippen LogP contribution is 2.18. The molecule has 0 bridgehead atoms. The van der Waals surface area contributed by atoms with Crippen LogP contribution < -0.4 is 10.1 Å². The van der Waals surface area contributed by atoms with E-state index in [0.29, 0.717) is 13.0 Å². The molecule has 4 heteroatoms. The van der Waals surface area contributed by atoms with Gasteiger partial charge < -0.3 is 10.1 Å². The third-order valence-electron chi connectivity index (χ3n) is 3.32. The van der Waals surface area contributed by atoms with Crippen LogP contribution in [-0.2, 0) is 11.2 Å². The molecule has 1 N–H and O–H groups in total. The number of carbonyl (C=O) groups is 1. The molecule has 0 aliphatic heterocycles. The third-order valence-corrected chi connectivity index (χ3v) is 3.32. The predicted octanol–water partition coefficient (Wildman–Crippen LogP) is 3.34. The molecule has 22 heavy (non-hydrogen) atoms. The number of halogens is 1. The van der Waals surface area contributed by atoms with Gasteiger partial charge in [-0.3, -0.25) is 4.79 Å². The van der Waals surface area contributed by atoms with Crippen LogP contribution in [0.4, 0.5) is 4.39 Å². The van der Waals surface area contributed by atoms with E-state index in [1.54, 1.807) is 12.1 Å². The molecule has 0 fully saturated rings. The van der Waals surface area contributed by atoms with E-state index in [0.717, 1.165) is 12.0 Å². The predicted molar refractivity (Wildman–Crippen MR) is 84.3 cm³/mol. The smallest absolute Gasteiger partial charge is 0.261 e. The molecule has 0 saturated heterocycles. The Morgan fingerprint density at radius 1 is 1.14 bits per heavy atom. The molecule has 2 rings (SSSR count). The summed E-state index contributed by atoms with van der Waals surface area (Å²) in [6, 6.07) is 16.0.